The summed E-state index contributed by atoms with van der Waals surface area (Å²) in [6.45, 7) is 5.83. The highest BCUT2D eigenvalue weighted by molar-refractivity contribution is 7.80. The monoisotopic (exact) mass is 249 g/mol. The minimum Gasteiger partial charge on any atom is -0.338 e. The normalized spacial score (nSPS) is 20.1. The average molecular weight is 249 g/mol. The van der Waals surface area contributed by atoms with Crippen molar-refractivity contribution in [3.8, 4) is 0 Å². The molecule has 1 amide bonds. The number of thiol groups is 1. The van der Waals surface area contributed by atoms with Gasteiger partial charge < -0.3 is 4.90 Å². The summed E-state index contributed by atoms with van der Waals surface area (Å²) in [5.41, 5.74) is 3.83. The molecule has 1 atom stereocenters. The van der Waals surface area contributed by atoms with E-state index in [4.69, 9.17) is 0 Å². The first-order chi connectivity index (χ1) is 8.11. The van der Waals surface area contributed by atoms with Gasteiger partial charge >= 0.3 is 0 Å². The van der Waals surface area contributed by atoms with Crippen LogP contribution in [0.1, 0.15) is 23.1 Å². The molecule has 1 fully saturated rings. The fraction of sp³-hybridized carbons (Fsp3) is 0.500. The SMILES string of the molecule is Cc1cccc(C)c1CN1CC(CS)CC1=O. The Labute approximate surface area is 108 Å². The lowest BCUT2D eigenvalue weighted by Crippen LogP contribution is -2.25. The molecular formula is C14H19NOS. The zero-order chi connectivity index (χ0) is 12.4. The predicted molar refractivity (Wildman–Crippen MR) is 73.3 cm³/mol. The predicted octanol–water partition coefficient (Wildman–Crippen LogP) is 2.58. The van der Waals surface area contributed by atoms with Gasteiger partial charge in [-0.2, -0.15) is 12.6 Å². The van der Waals surface area contributed by atoms with Crippen LogP contribution in [0.2, 0.25) is 0 Å². The quantitative estimate of drug-likeness (QED) is 0.816. The first kappa shape index (κ1) is 12.5. The second kappa shape index (κ2) is 5.13. The third kappa shape index (κ3) is 2.65. The van der Waals surface area contributed by atoms with E-state index in [1.165, 1.54) is 16.7 Å². The molecule has 92 valence electrons. The average Bonchev–Trinajstić information content (AvgIpc) is 2.65. The van der Waals surface area contributed by atoms with Crippen molar-refractivity contribution in [3.63, 3.8) is 0 Å². The molecule has 0 aromatic heterocycles. The first-order valence-corrected chi connectivity index (χ1v) is 6.68. The van der Waals surface area contributed by atoms with Gasteiger partial charge in [0.1, 0.15) is 0 Å². The Balaban J connectivity index is 2.14. The second-order valence-corrected chi connectivity index (χ2v) is 5.26. The van der Waals surface area contributed by atoms with Gasteiger partial charge in [0, 0.05) is 19.5 Å². The van der Waals surface area contributed by atoms with Gasteiger partial charge in [-0.05, 0) is 42.2 Å². The number of hydrogen-bond acceptors (Lipinski definition) is 2. The second-order valence-electron chi connectivity index (χ2n) is 4.90. The topological polar surface area (TPSA) is 20.3 Å². The van der Waals surface area contributed by atoms with E-state index in [0.29, 0.717) is 12.3 Å². The molecule has 0 bridgehead atoms. The van der Waals surface area contributed by atoms with Crippen molar-refractivity contribution in [1.29, 1.82) is 0 Å². The van der Waals surface area contributed by atoms with Crippen LogP contribution >= 0.6 is 12.6 Å². The van der Waals surface area contributed by atoms with E-state index >= 15 is 0 Å². The molecule has 3 heteroatoms. The van der Waals surface area contributed by atoms with Gasteiger partial charge in [0.15, 0.2) is 0 Å². The van der Waals surface area contributed by atoms with Crippen LogP contribution in [-0.2, 0) is 11.3 Å². The van der Waals surface area contributed by atoms with Crippen LogP contribution in [0.4, 0.5) is 0 Å². The van der Waals surface area contributed by atoms with E-state index < -0.39 is 0 Å². The number of carbonyl (C=O) groups is 1. The Hall–Kier alpha value is -0.960. The molecule has 2 rings (SSSR count). The van der Waals surface area contributed by atoms with Crippen LogP contribution in [0.25, 0.3) is 0 Å². The molecule has 0 aliphatic carbocycles. The molecule has 1 unspecified atom stereocenters. The summed E-state index contributed by atoms with van der Waals surface area (Å²) in [7, 11) is 0. The summed E-state index contributed by atoms with van der Waals surface area (Å²) in [6.07, 6.45) is 0.661. The molecule has 1 aliphatic rings. The van der Waals surface area contributed by atoms with E-state index in [9.17, 15) is 4.79 Å². The number of amides is 1. The standard InChI is InChI=1S/C14H19NOS/c1-10-4-3-5-11(2)13(10)8-15-7-12(9-17)6-14(15)16/h3-5,12,17H,6-9H2,1-2H3. The number of hydrogen-bond donors (Lipinski definition) is 1. The molecule has 0 saturated carbocycles. The van der Waals surface area contributed by atoms with Gasteiger partial charge in [-0.1, -0.05) is 18.2 Å². The maximum atomic E-state index is 11.9. The summed E-state index contributed by atoms with van der Waals surface area (Å²) < 4.78 is 0. The lowest BCUT2D eigenvalue weighted by Gasteiger charge is -2.19. The highest BCUT2D eigenvalue weighted by atomic mass is 32.1. The third-order valence-corrected chi connectivity index (χ3v) is 4.06. The molecular weight excluding hydrogens is 230 g/mol. The van der Waals surface area contributed by atoms with Gasteiger partial charge in [0.05, 0.1) is 0 Å². The van der Waals surface area contributed by atoms with Crippen LogP contribution in [0.3, 0.4) is 0 Å². The van der Waals surface area contributed by atoms with Gasteiger partial charge in [-0.3, -0.25) is 4.79 Å². The summed E-state index contributed by atoms with van der Waals surface area (Å²) in [5.74, 6) is 1.50. The number of likely N-dealkylation sites (tertiary alicyclic amines) is 1. The van der Waals surface area contributed by atoms with Crippen molar-refractivity contribution in [2.24, 2.45) is 5.92 Å². The fourth-order valence-corrected chi connectivity index (χ4v) is 2.66. The minimum atomic E-state index is 0.270. The molecule has 1 saturated heterocycles. The van der Waals surface area contributed by atoms with Crippen molar-refractivity contribution in [1.82, 2.24) is 4.90 Å². The van der Waals surface area contributed by atoms with Crippen molar-refractivity contribution >= 4 is 18.5 Å². The molecule has 0 N–H and O–H groups in total. The van der Waals surface area contributed by atoms with Crippen LogP contribution < -0.4 is 0 Å². The smallest absolute Gasteiger partial charge is 0.223 e. The largest absolute Gasteiger partial charge is 0.338 e. The van der Waals surface area contributed by atoms with Gasteiger partial charge in [-0.15, -0.1) is 0 Å². The third-order valence-electron chi connectivity index (χ3n) is 3.55. The Morgan fingerprint density at radius 2 is 2.00 bits per heavy atom. The minimum absolute atomic E-state index is 0.270. The Bertz CT molecular complexity index is 410. The van der Waals surface area contributed by atoms with Crippen LogP contribution in [0, 0.1) is 19.8 Å². The summed E-state index contributed by atoms with van der Waals surface area (Å²) in [4.78, 5) is 13.8. The molecule has 1 aromatic carbocycles. The number of carbonyl (C=O) groups excluding carboxylic acids is 1. The molecule has 1 aromatic rings. The molecule has 1 aliphatic heterocycles. The zero-order valence-corrected chi connectivity index (χ0v) is 11.3. The maximum absolute atomic E-state index is 11.9. The fourth-order valence-electron chi connectivity index (χ4n) is 2.42. The van der Waals surface area contributed by atoms with Crippen molar-refractivity contribution < 1.29 is 4.79 Å². The highest BCUT2D eigenvalue weighted by Crippen LogP contribution is 2.23. The van der Waals surface area contributed by atoms with Crippen molar-refractivity contribution in [2.45, 2.75) is 26.8 Å². The molecule has 17 heavy (non-hydrogen) atoms. The Morgan fingerprint density at radius 3 is 2.53 bits per heavy atom. The zero-order valence-electron chi connectivity index (χ0n) is 10.4. The molecule has 0 spiro atoms. The summed E-state index contributed by atoms with van der Waals surface area (Å²) in [6, 6.07) is 6.29. The number of aryl methyl sites for hydroxylation is 2. The first-order valence-electron chi connectivity index (χ1n) is 6.05. The molecule has 1 heterocycles. The lowest BCUT2D eigenvalue weighted by molar-refractivity contribution is -0.128. The van der Waals surface area contributed by atoms with Crippen LogP contribution in [0.5, 0.6) is 0 Å². The molecule has 0 radical (unpaired) electrons. The highest BCUT2D eigenvalue weighted by Gasteiger charge is 2.28. The maximum Gasteiger partial charge on any atom is 0.223 e. The van der Waals surface area contributed by atoms with E-state index in [1.54, 1.807) is 0 Å². The van der Waals surface area contributed by atoms with E-state index in [2.05, 4.69) is 44.7 Å². The van der Waals surface area contributed by atoms with Gasteiger partial charge in [0.25, 0.3) is 0 Å². The van der Waals surface area contributed by atoms with Crippen LogP contribution in [-0.4, -0.2) is 23.1 Å². The number of benzene rings is 1. The van der Waals surface area contributed by atoms with Crippen LogP contribution in [0.15, 0.2) is 18.2 Å². The Morgan fingerprint density at radius 1 is 1.35 bits per heavy atom. The lowest BCUT2D eigenvalue weighted by atomic mass is 10.0. The van der Waals surface area contributed by atoms with Gasteiger partial charge in [0.2, 0.25) is 5.91 Å². The molecule has 2 nitrogen and oxygen atoms in total. The summed E-state index contributed by atoms with van der Waals surface area (Å²) in [5, 5.41) is 0. The number of rotatable bonds is 3. The van der Waals surface area contributed by atoms with Crippen molar-refractivity contribution in [2.75, 3.05) is 12.3 Å². The van der Waals surface area contributed by atoms with E-state index in [-0.39, 0.29) is 5.91 Å². The van der Waals surface area contributed by atoms with Crippen molar-refractivity contribution in [3.05, 3.63) is 34.9 Å². The van der Waals surface area contributed by atoms with E-state index in [1.807, 2.05) is 4.90 Å². The Kier molecular flexibility index (Phi) is 3.77. The van der Waals surface area contributed by atoms with E-state index in [0.717, 1.165) is 18.8 Å². The van der Waals surface area contributed by atoms with Gasteiger partial charge in [-0.25, -0.2) is 0 Å². The number of nitrogens with zero attached hydrogens (tertiary/aromatic N) is 1. The summed E-state index contributed by atoms with van der Waals surface area (Å²) >= 11 is 4.28.